The van der Waals surface area contributed by atoms with Crippen LogP contribution in [0.1, 0.15) is 29.5 Å². The highest BCUT2D eigenvalue weighted by Crippen LogP contribution is 2.29. The van der Waals surface area contributed by atoms with Crippen LogP contribution in [0.4, 0.5) is 18.9 Å². The van der Waals surface area contributed by atoms with Crippen LogP contribution in [0, 0.1) is 0 Å². The Balaban J connectivity index is 1.72. The standard InChI is InChI=1S/C26H34BF3N6O5/c28-26(29,30)18-4-1-16(2-5-18)13-22(25(39)34-19-6-3-17-15-41-27(40)20(17)14-19)35-24(38)21(33)7-8-23(37)36(11-9-31)12-10-32/h1-6,14,21-22,40H,7-13,15,31-33H2,(H,34,39)(H,35,38). The first kappa shape index (κ1) is 32.0. The molecule has 0 fully saturated rings. The van der Waals surface area contributed by atoms with Gasteiger partial charge < -0.3 is 42.4 Å². The molecule has 9 N–H and O–H groups in total. The van der Waals surface area contributed by atoms with Crippen molar-refractivity contribution in [3.05, 3.63) is 59.2 Å². The van der Waals surface area contributed by atoms with E-state index in [1.54, 1.807) is 12.1 Å². The summed E-state index contributed by atoms with van der Waals surface area (Å²) in [6, 6.07) is 6.67. The molecule has 222 valence electrons. The number of amides is 3. The van der Waals surface area contributed by atoms with E-state index in [-0.39, 0.29) is 44.9 Å². The van der Waals surface area contributed by atoms with Gasteiger partial charge in [0.05, 0.1) is 18.2 Å². The van der Waals surface area contributed by atoms with Gasteiger partial charge in [-0.15, -0.1) is 0 Å². The van der Waals surface area contributed by atoms with Gasteiger partial charge in [0, 0.05) is 44.7 Å². The Bertz CT molecular complexity index is 1210. The number of carbonyl (C=O) groups excluding carboxylic acids is 3. The number of hydrogen-bond acceptors (Lipinski definition) is 8. The van der Waals surface area contributed by atoms with Gasteiger partial charge in [-0.25, -0.2) is 0 Å². The normalized spacial score (nSPS) is 14.3. The summed E-state index contributed by atoms with van der Waals surface area (Å²) in [5, 5.41) is 15.2. The van der Waals surface area contributed by atoms with Crippen molar-refractivity contribution in [1.29, 1.82) is 0 Å². The number of fused-ring (bicyclic) bond motifs is 1. The molecule has 2 aromatic carbocycles. The summed E-state index contributed by atoms with van der Waals surface area (Å²) in [7, 11) is -1.14. The van der Waals surface area contributed by atoms with Gasteiger partial charge in [-0.05, 0) is 47.3 Å². The number of halogens is 3. The van der Waals surface area contributed by atoms with Crippen LogP contribution in [-0.2, 0) is 38.2 Å². The zero-order valence-electron chi connectivity index (χ0n) is 22.3. The van der Waals surface area contributed by atoms with E-state index in [9.17, 15) is 32.6 Å². The second-order valence-corrected chi connectivity index (χ2v) is 9.63. The topological polar surface area (TPSA) is 186 Å². The Hall–Kier alpha value is -3.50. The molecule has 15 heteroatoms. The molecule has 0 aliphatic carbocycles. The van der Waals surface area contributed by atoms with Gasteiger partial charge in [0.15, 0.2) is 0 Å². The Kier molecular flexibility index (Phi) is 11.3. The first-order valence-electron chi connectivity index (χ1n) is 13.1. The van der Waals surface area contributed by atoms with Gasteiger partial charge in [0.2, 0.25) is 17.7 Å². The third kappa shape index (κ3) is 9.00. The number of nitrogens with one attached hydrogen (secondary N) is 2. The van der Waals surface area contributed by atoms with Gasteiger partial charge in [-0.3, -0.25) is 14.4 Å². The largest absolute Gasteiger partial charge is 0.491 e. The Morgan fingerprint density at radius 1 is 1.05 bits per heavy atom. The molecule has 1 aliphatic rings. The number of nitrogens with zero attached hydrogens (tertiary/aromatic N) is 1. The van der Waals surface area contributed by atoms with Crippen LogP contribution in [0.25, 0.3) is 0 Å². The second-order valence-electron chi connectivity index (χ2n) is 9.63. The summed E-state index contributed by atoms with van der Waals surface area (Å²) in [5.74, 6) is -1.65. The molecular weight excluding hydrogens is 544 g/mol. The van der Waals surface area contributed by atoms with E-state index >= 15 is 0 Å². The van der Waals surface area contributed by atoms with Crippen LogP contribution in [0.5, 0.6) is 0 Å². The number of rotatable bonds is 13. The average Bonchev–Trinajstić information content (AvgIpc) is 3.30. The summed E-state index contributed by atoms with van der Waals surface area (Å²) in [6.07, 6.45) is -4.74. The minimum Gasteiger partial charge on any atom is -0.423 e. The summed E-state index contributed by atoms with van der Waals surface area (Å²) in [4.78, 5) is 40.2. The molecule has 1 heterocycles. The average molecular weight is 578 g/mol. The van der Waals surface area contributed by atoms with Crippen LogP contribution < -0.4 is 33.3 Å². The Morgan fingerprint density at radius 2 is 1.71 bits per heavy atom. The van der Waals surface area contributed by atoms with Crippen molar-refractivity contribution in [2.24, 2.45) is 17.2 Å². The third-order valence-corrected chi connectivity index (χ3v) is 6.59. The first-order chi connectivity index (χ1) is 19.4. The predicted molar refractivity (Wildman–Crippen MR) is 146 cm³/mol. The van der Waals surface area contributed by atoms with Crippen LogP contribution in [0.15, 0.2) is 42.5 Å². The molecular formula is C26H34BF3N6O5. The fourth-order valence-electron chi connectivity index (χ4n) is 4.32. The Labute approximate surface area is 235 Å². The molecule has 0 aromatic heterocycles. The quantitative estimate of drug-likeness (QED) is 0.171. The number of anilines is 1. The Morgan fingerprint density at radius 3 is 2.32 bits per heavy atom. The van der Waals surface area contributed by atoms with Gasteiger partial charge in [0.25, 0.3) is 0 Å². The molecule has 3 amide bonds. The zero-order valence-corrected chi connectivity index (χ0v) is 22.3. The first-order valence-corrected chi connectivity index (χ1v) is 13.1. The minimum atomic E-state index is -4.53. The SMILES string of the molecule is NCCN(CCN)C(=O)CCC(N)C(=O)NC(Cc1ccc(C(F)(F)F)cc1)C(=O)Nc1ccc2c(c1)B(O)OC2. The maximum atomic E-state index is 13.3. The van der Waals surface area contributed by atoms with Crippen LogP contribution >= 0.6 is 0 Å². The van der Waals surface area contributed by atoms with Crippen LogP contribution in [-0.4, -0.2) is 73.0 Å². The molecule has 11 nitrogen and oxygen atoms in total. The van der Waals surface area contributed by atoms with E-state index in [1.807, 2.05) is 0 Å². The molecule has 0 bridgehead atoms. The minimum absolute atomic E-state index is 0.0202. The highest BCUT2D eigenvalue weighted by Gasteiger charge is 2.31. The van der Waals surface area contributed by atoms with Crippen molar-refractivity contribution in [3.8, 4) is 0 Å². The van der Waals surface area contributed by atoms with E-state index in [2.05, 4.69) is 10.6 Å². The number of benzene rings is 2. The van der Waals surface area contributed by atoms with E-state index < -0.39 is 42.8 Å². The molecule has 1 aliphatic heterocycles. The van der Waals surface area contributed by atoms with E-state index in [4.69, 9.17) is 21.9 Å². The van der Waals surface area contributed by atoms with E-state index in [0.717, 1.165) is 17.7 Å². The molecule has 41 heavy (non-hydrogen) atoms. The predicted octanol–water partition coefficient (Wildman–Crippen LogP) is -0.557. The summed E-state index contributed by atoms with van der Waals surface area (Å²) in [5.41, 5.74) is 18.1. The molecule has 0 saturated carbocycles. The smallest absolute Gasteiger partial charge is 0.423 e. The lowest BCUT2D eigenvalue weighted by molar-refractivity contribution is -0.137. The van der Waals surface area contributed by atoms with Crippen molar-refractivity contribution < 1.29 is 37.2 Å². The summed E-state index contributed by atoms with van der Waals surface area (Å²) >= 11 is 0. The number of carbonyl (C=O) groups is 3. The summed E-state index contributed by atoms with van der Waals surface area (Å²) < 4.78 is 44.2. The number of hydrogen-bond donors (Lipinski definition) is 6. The van der Waals surface area contributed by atoms with Gasteiger partial charge in [-0.2, -0.15) is 13.2 Å². The lowest BCUT2D eigenvalue weighted by Crippen LogP contribution is -2.51. The van der Waals surface area contributed by atoms with Crippen molar-refractivity contribution in [2.75, 3.05) is 31.5 Å². The van der Waals surface area contributed by atoms with Crippen LogP contribution in [0.3, 0.4) is 0 Å². The van der Waals surface area contributed by atoms with Crippen molar-refractivity contribution in [1.82, 2.24) is 10.2 Å². The van der Waals surface area contributed by atoms with Gasteiger partial charge in [0.1, 0.15) is 6.04 Å². The highest BCUT2D eigenvalue weighted by molar-refractivity contribution is 6.61. The van der Waals surface area contributed by atoms with Crippen molar-refractivity contribution in [3.63, 3.8) is 0 Å². The fraction of sp³-hybridized carbons (Fsp3) is 0.423. The van der Waals surface area contributed by atoms with E-state index in [1.165, 1.54) is 23.1 Å². The highest BCUT2D eigenvalue weighted by atomic mass is 19.4. The van der Waals surface area contributed by atoms with Crippen molar-refractivity contribution >= 4 is 36.0 Å². The zero-order chi connectivity index (χ0) is 30.2. The maximum absolute atomic E-state index is 13.3. The number of nitrogens with two attached hydrogens (primary N) is 3. The molecule has 2 aromatic rings. The fourth-order valence-corrected chi connectivity index (χ4v) is 4.32. The second kappa shape index (κ2) is 14.4. The molecule has 0 spiro atoms. The van der Waals surface area contributed by atoms with E-state index in [0.29, 0.717) is 29.8 Å². The molecule has 3 rings (SSSR count). The third-order valence-electron chi connectivity index (χ3n) is 6.59. The lowest BCUT2D eigenvalue weighted by Gasteiger charge is -2.23. The number of alkyl halides is 3. The molecule has 2 atom stereocenters. The molecule has 0 saturated heterocycles. The maximum Gasteiger partial charge on any atom is 0.491 e. The summed E-state index contributed by atoms with van der Waals surface area (Å²) in [6.45, 7) is 1.32. The monoisotopic (exact) mass is 578 g/mol. The van der Waals surface area contributed by atoms with Gasteiger partial charge >= 0.3 is 13.3 Å². The van der Waals surface area contributed by atoms with Crippen LogP contribution in [0.2, 0.25) is 0 Å². The van der Waals surface area contributed by atoms with Gasteiger partial charge in [-0.1, -0.05) is 18.2 Å². The molecule has 0 radical (unpaired) electrons. The lowest BCUT2D eigenvalue weighted by atomic mass is 9.79. The van der Waals surface area contributed by atoms with Crippen molar-refractivity contribution in [2.45, 2.75) is 44.1 Å². The molecule has 2 unspecified atom stereocenters.